The zero-order valence-corrected chi connectivity index (χ0v) is 53.7. The van der Waals surface area contributed by atoms with Crippen LogP contribution in [0.1, 0.15) is 311 Å². The Morgan fingerprint density at radius 1 is 0.333 bits per heavy atom. The van der Waals surface area contributed by atoms with E-state index in [-0.39, 0.29) is 25.7 Å². The molecule has 17 nitrogen and oxygen atoms in total. The van der Waals surface area contributed by atoms with Gasteiger partial charge in [0.1, 0.15) is 19.3 Å². The first kappa shape index (κ1) is 79.1. The molecule has 19 heteroatoms. The van der Waals surface area contributed by atoms with Crippen LogP contribution in [0.4, 0.5) is 0 Å². The van der Waals surface area contributed by atoms with Crippen LogP contribution in [-0.4, -0.2) is 96.7 Å². The number of carbonyl (C=O) groups excluding carboxylic acids is 4. The molecule has 0 spiro atoms. The number of rotatable bonds is 62. The fourth-order valence-corrected chi connectivity index (χ4v) is 10.8. The lowest BCUT2D eigenvalue weighted by Crippen LogP contribution is -2.30. The Bertz CT molecular complexity index is 1580. The van der Waals surface area contributed by atoms with Crippen LogP contribution in [0.25, 0.3) is 0 Å². The normalized spacial score (nSPS) is 14.3. The molecule has 0 rings (SSSR count). The molecule has 5 atom stereocenters. The van der Waals surface area contributed by atoms with E-state index in [1.165, 1.54) is 122 Å². The van der Waals surface area contributed by atoms with Crippen LogP contribution in [0.5, 0.6) is 0 Å². The minimum absolute atomic E-state index is 0.104. The Balaban J connectivity index is 5.14. The smallest absolute Gasteiger partial charge is 0.462 e. The average molecular weight is 1200 g/mol. The van der Waals surface area contributed by atoms with E-state index in [1.54, 1.807) is 0 Å². The molecule has 0 aliphatic heterocycles. The number of ether oxygens (including phenoxy) is 4. The minimum Gasteiger partial charge on any atom is -0.462 e. The van der Waals surface area contributed by atoms with E-state index in [1.807, 2.05) is 0 Å². The highest BCUT2D eigenvalue weighted by Crippen LogP contribution is 2.45. The first-order valence-corrected chi connectivity index (χ1v) is 35.6. The van der Waals surface area contributed by atoms with Gasteiger partial charge in [0.05, 0.1) is 26.4 Å². The van der Waals surface area contributed by atoms with Gasteiger partial charge in [-0.2, -0.15) is 0 Å². The maximum atomic E-state index is 13.0. The molecule has 0 heterocycles. The molecule has 0 aromatic rings. The number of phosphoric acid groups is 2. The molecule has 0 aromatic carbocycles. The second-order valence-corrected chi connectivity index (χ2v) is 25.8. The van der Waals surface area contributed by atoms with Crippen molar-refractivity contribution in [1.29, 1.82) is 0 Å². The topological polar surface area (TPSA) is 237 Å². The van der Waals surface area contributed by atoms with Gasteiger partial charge in [0.25, 0.3) is 0 Å². The fraction of sp³-hybridized carbons (Fsp3) is 0.935. The molecular formula is C62H120O17P2. The minimum atomic E-state index is -4.94. The molecular weight excluding hydrogens is 1080 g/mol. The summed E-state index contributed by atoms with van der Waals surface area (Å²) in [6.07, 6.45) is 39.5. The Morgan fingerprint density at radius 3 is 0.840 bits per heavy atom. The third-order valence-electron chi connectivity index (χ3n) is 14.3. The van der Waals surface area contributed by atoms with Gasteiger partial charge in [0, 0.05) is 25.7 Å². The quantitative estimate of drug-likeness (QED) is 0.0222. The maximum Gasteiger partial charge on any atom is 0.472 e. The number of esters is 4. The molecule has 480 valence electrons. The summed E-state index contributed by atoms with van der Waals surface area (Å²) in [6, 6.07) is 0. The van der Waals surface area contributed by atoms with E-state index >= 15 is 0 Å². The van der Waals surface area contributed by atoms with Crippen molar-refractivity contribution in [3.63, 3.8) is 0 Å². The maximum absolute atomic E-state index is 13.0. The number of hydrogen-bond donors (Lipinski definition) is 3. The summed E-state index contributed by atoms with van der Waals surface area (Å²) < 4.78 is 67.6. The third kappa shape index (κ3) is 56.9. The molecule has 0 fully saturated rings. The van der Waals surface area contributed by atoms with Crippen LogP contribution in [0.2, 0.25) is 0 Å². The van der Waals surface area contributed by atoms with Gasteiger partial charge in [-0.1, -0.05) is 259 Å². The van der Waals surface area contributed by atoms with Gasteiger partial charge >= 0.3 is 39.5 Å². The summed E-state index contributed by atoms with van der Waals surface area (Å²) in [7, 11) is -9.87. The van der Waals surface area contributed by atoms with Gasteiger partial charge in [-0.15, -0.1) is 0 Å². The molecule has 81 heavy (non-hydrogen) atoms. The molecule has 3 N–H and O–H groups in total. The SMILES string of the molecule is CCCCCCCCCCCCCCCCCCCC(=O)O[C@H](COC(=O)CCCCCCCCCCC(C)C)COP(=O)(O)OC[C@@H](O)COP(=O)(O)OC[C@@H](COC(=O)CCCCCCC)OC(=O)CCCCCCCCCC. The van der Waals surface area contributed by atoms with Crippen LogP contribution in [0.3, 0.4) is 0 Å². The van der Waals surface area contributed by atoms with E-state index in [0.29, 0.717) is 25.7 Å². The largest absolute Gasteiger partial charge is 0.472 e. The molecule has 0 radical (unpaired) electrons. The van der Waals surface area contributed by atoms with E-state index in [9.17, 15) is 43.2 Å². The molecule has 2 unspecified atom stereocenters. The highest BCUT2D eigenvalue weighted by molar-refractivity contribution is 7.47. The Morgan fingerprint density at radius 2 is 0.568 bits per heavy atom. The summed E-state index contributed by atoms with van der Waals surface area (Å²) >= 11 is 0. The predicted molar refractivity (Wildman–Crippen MR) is 322 cm³/mol. The van der Waals surface area contributed by atoms with E-state index in [4.69, 9.17) is 37.0 Å². The standard InChI is InChI=1S/C62H120O17P2/c1-6-9-12-15-17-19-20-21-22-23-24-25-26-27-33-38-43-48-62(67)79-58(52-73-60(65)46-41-36-32-29-28-30-35-39-44-55(4)5)54-77-81(70,71)75-50-56(63)49-74-80(68,69)76-53-57(51-72-59(64)45-40-34-14-11-8-3)78-61(66)47-42-37-31-18-16-13-10-7-2/h55-58,63H,6-54H2,1-5H3,(H,68,69)(H,70,71)/t56-,57+,58+/m0/s1. The number of hydrogen-bond acceptors (Lipinski definition) is 15. The van der Waals surface area contributed by atoms with Crippen molar-refractivity contribution in [3.8, 4) is 0 Å². The summed E-state index contributed by atoms with van der Waals surface area (Å²) in [5.41, 5.74) is 0. The van der Waals surface area contributed by atoms with Crippen LogP contribution in [-0.2, 0) is 65.4 Å². The highest BCUT2D eigenvalue weighted by atomic mass is 31.2. The van der Waals surface area contributed by atoms with Crippen molar-refractivity contribution in [3.05, 3.63) is 0 Å². The predicted octanol–water partition coefficient (Wildman–Crippen LogP) is 17.0. The van der Waals surface area contributed by atoms with E-state index in [0.717, 1.165) is 109 Å². The Kier molecular flexibility index (Phi) is 54.6. The Hall–Kier alpha value is -1.94. The average Bonchev–Trinajstić information content (AvgIpc) is 3.43. The van der Waals surface area contributed by atoms with Crippen LogP contribution in [0, 0.1) is 5.92 Å². The van der Waals surface area contributed by atoms with Gasteiger partial charge in [-0.05, 0) is 31.6 Å². The molecule has 0 amide bonds. The lowest BCUT2D eigenvalue weighted by Gasteiger charge is -2.21. The van der Waals surface area contributed by atoms with Gasteiger partial charge < -0.3 is 33.8 Å². The van der Waals surface area contributed by atoms with Crippen LogP contribution in [0.15, 0.2) is 0 Å². The summed E-state index contributed by atoms with van der Waals surface area (Å²) in [4.78, 5) is 71.8. The number of phosphoric ester groups is 2. The van der Waals surface area contributed by atoms with Crippen molar-refractivity contribution in [2.45, 2.75) is 329 Å². The monoisotopic (exact) mass is 1200 g/mol. The van der Waals surface area contributed by atoms with E-state index in [2.05, 4.69) is 34.6 Å². The molecule has 0 aromatic heterocycles. The van der Waals surface area contributed by atoms with Gasteiger partial charge in [-0.25, -0.2) is 9.13 Å². The van der Waals surface area contributed by atoms with Gasteiger partial charge in [-0.3, -0.25) is 37.3 Å². The van der Waals surface area contributed by atoms with Crippen molar-refractivity contribution in [2.75, 3.05) is 39.6 Å². The zero-order valence-electron chi connectivity index (χ0n) is 51.9. The third-order valence-corrected chi connectivity index (χ3v) is 16.2. The fourth-order valence-electron chi connectivity index (χ4n) is 9.23. The first-order valence-electron chi connectivity index (χ1n) is 32.6. The van der Waals surface area contributed by atoms with Crippen molar-refractivity contribution in [2.24, 2.45) is 5.92 Å². The lowest BCUT2D eigenvalue weighted by molar-refractivity contribution is -0.161. The molecule has 0 aliphatic rings. The summed E-state index contributed by atoms with van der Waals surface area (Å²) in [6.45, 7) is 7.03. The van der Waals surface area contributed by atoms with Gasteiger partial charge in [0.2, 0.25) is 0 Å². The van der Waals surface area contributed by atoms with Crippen molar-refractivity contribution in [1.82, 2.24) is 0 Å². The van der Waals surface area contributed by atoms with Crippen molar-refractivity contribution >= 4 is 39.5 Å². The lowest BCUT2D eigenvalue weighted by atomic mass is 10.0. The Labute approximate surface area is 492 Å². The summed E-state index contributed by atoms with van der Waals surface area (Å²) in [5, 5.41) is 10.5. The second kappa shape index (κ2) is 55.9. The number of aliphatic hydroxyl groups is 1. The first-order chi connectivity index (χ1) is 39.0. The summed E-state index contributed by atoms with van der Waals surface area (Å²) in [5.74, 6) is -1.42. The number of unbranched alkanes of at least 4 members (excludes halogenated alkanes) is 34. The van der Waals surface area contributed by atoms with E-state index < -0.39 is 97.5 Å². The second-order valence-electron chi connectivity index (χ2n) is 22.9. The van der Waals surface area contributed by atoms with Crippen LogP contribution >= 0.6 is 15.6 Å². The molecule has 0 bridgehead atoms. The van der Waals surface area contributed by atoms with Gasteiger partial charge in [0.15, 0.2) is 12.2 Å². The zero-order chi connectivity index (χ0) is 59.9. The van der Waals surface area contributed by atoms with Crippen LogP contribution < -0.4 is 0 Å². The van der Waals surface area contributed by atoms with Crippen molar-refractivity contribution < 1.29 is 80.2 Å². The molecule has 0 saturated heterocycles. The number of carbonyl (C=O) groups is 4. The number of aliphatic hydroxyl groups excluding tert-OH is 1. The molecule has 0 saturated carbocycles. The molecule has 0 aliphatic carbocycles. The highest BCUT2D eigenvalue weighted by Gasteiger charge is 2.30.